The third-order valence-electron chi connectivity index (χ3n) is 2.79. The molecule has 1 heterocycles. The molecule has 0 bridgehead atoms. The molecular formula is C12H20ClN3O2S. The molecule has 19 heavy (non-hydrogen) atoms. The lowest BCUT2D eigenvalue weighted by atomic mass is 10.3. The average Bonchev–Trinajstić information content (AvgIpc) is 2.42. The Morgan fingerprint density at radius 2 is 1.95 bits per heavy atom. The molecule has 1 aromatic heterocycles. The van der Waals surface area contributed by atoms with Gasteiger partial charge in [0.2, 0.25) is 0 Å². The lowest BCUT2D eigenvalue weighted by molar-refractivity contribution is 0.364. The highest BCUT2D eigenvalue weighted by Gasteiger charge is 2.25. The van der Waals surface area contributed by atoms with Gasteiger partial charge in [0.15, 0.2) is 0 Å². The zero-order valence-corrected chi connectivity index (χ0v) is 12.9. The molecule has 0 radical (unpaired) electrons. The summed E-state index contributed by atoms with van der Waals surface area (Å²) in [6.45, 7) is 3.04. The molecule has 0 aliphatic carbocycles. The van der Waals surface area contributed by atoms with E-state index >= 15 is 0 Å². The van der Waals surface area contributed by atoms with Crippen LogP contribution in [-0.4, -0.2) is 48.0 Å². The van der Waals surface area contributed by atoms with Crippen LogP contribution in [0.4, 0.5) is 0 Å². The monoisotopic (exact) mass is 305 g/mol. The normalized spacial score (nSPS) is 12.3. The molecule has 0 aliphatic rings. The minimum Gasteiger partial charge on any atom is -0.265 e. The van der Waals surface area contributed by atoms with Crippen molar-refractivity contribution in [3.63, 3.8) is 0 Å². The van der Waals surface area contributed by atoms with Crippen molar-refractivity contribution < 1.29 is 8.42 Å². The van der Waals surface area contributed by atoms with Crippen molar-refractivity contribution >= 4 is 21.8 Å². The highest BCUT2D eigenvalue weighted by Crippen LogP contribution is 2.12. The van der Waals surface area contributed by atoms with Crippen LogP contribution >= 0.6 is 11.6 Å². The maximum Gasteiger partial charge on any atom is 0.282 e. The first-order valence-electron chi connectivity index (χ1n) is 6.18. The van der Waals surface area contributed by atoms with E-state index in [4.69, 9.17) is 11.6 Å². The van der Waals surface area contributed by atoms with Gasteiger partial charge in [0, 0.05) is 45.0 Å². The number of pyridine rings is 1. The van der Waals surface area contributed by atoms with Crippen LogP contribution in [0.3, 0.4) is 0 Å². The number of nitrogens with zero attached hydrogens (tertiary/aromatic N) is 3. The Hall–Kier alpha value is -0.690. The third-order valence-corrected chi connectivity index (χ3v) is 5.07. The molecule has 0 saturated carbocycles. The molecule has 1 rings (SSSR count). The Morgan fingerprint density at radius 1 is 1.32 bits per heavy atom. The summed E-state index contributed by atoms with van der Waals surface area (Å²) in [6, 6.07) is 3.63. The second kappa shape index (κ2) is 7.79. The zero-order chi connectivity index (χ0) is 14.3. The number of aromatic nitrogens is 1. The summed E-state index contributed by atoms with van der Waals surface area (Å²) in [5.74, 6) is 0.455. The van der Waals surface area contributed by atoms with Gasteiger partial charge in [-0.2, -0.15) is 17.0 Å². The van der Waals surface area contributed by atoms with E-state index in [0.29, 0.717) is 31.9 Å². The Labute approximate surface area is 120 Å². The van der Waals surface area contributed by atoms with E-state index in [1.807, 2.05) is 19.1 Å². The second-order valence-electron chi connectivity index (χ2n) is 4.15. The van der Waals surface area contributed by atoms with Gasteiger partial charge in [-0.1, -0.05) is 6.92 Å². The predicted octanol–water partition coefficient (Wildman–Crippen LogP) is 1.71. The number of hydrogen-bond acceptors (Lipinski definition) is 3. The Kier molecular flexibility index (Phi) is 6.71. The molecular weight excluding hydrogens is 286 g/mol. The van der Waals surface area contributed by atoms with Gasteiger partial charge in [-0.3, -0.25) is 4.98 Å². The van der Waals surface area contributed by atoms with E-state index in [1.54, 1.807) is 19.4 Å². The van der Waals surface area contributed by atoms with Crippen molar-refractivity contribution in [2.45, 2.75) is 19.9 Å². The van der Waals surface area contributed by atoms with Crippen LogP contribution in [0.5, 0.6) is 0 Å². The summed E-state index contributed by atoms with van der Waals surface area (Å²) in [4.78, 5) is 3.92. The number of alkyl halides is 1. The summed E-state index contributed by atoms with van der Waals surface area (Å²) in [6.07, 6.45) is 3.96. The van der Waals surface area contributed by atoms with Crippen LogP contribution in [0.15, 0.2) is 24.5 Å². The third kappa shape index (κ3) is 4.72. The molecule has 5 nitrogen and oxygen atoms in total. The SMILES string of the molecule is CCN(Cc1ccncc1)S(=O)(=O)N(C)CCCCl. The van der Waals surface area contributed by atoms with E-state index in [-0.39, 0.29) is 0 Å². The Bertz CT molecular complexity index is 467. The van der Waals surface area contributed by atoms with Crippen molar-refractivity contribution in [2.75, 3.05) is 26.0 Å². The second-order valence-corrected chi connectivity index (χ2v) is 6.57. The van der Waals surface area contributed by atoms with Crippen LogP contribution in [-0.2, 0) is 16.8 Å². The molecule has 7 heteroatoms. The largest absolute Gasteiger partial charge is 0.282 e. The van der Waals surface area contributed by atoms with E-state index in [1.165, 1.54) is 8.61 Å². The smallest absolute Gasteiger partial charge is 0.265 e. The number of hydrogen-bond donors (Lipinski definition) is 0. The lowest BCUT2D eigenvalue weighted by Crippen LogP contribution is -2.41. The van der Waals surface area contributed by atoms with Gasteiger partial charge in [0.25, 0.3) is 10.2 Å². The van der Waals surface area contributed by atoms with E-state index in [9.17, 15) is 8.42 Å². The average molecular weight is 306 g/mol. The molecule has 0 spiro atoms. The number of halogens is 1. The summed E-state index contributed by atoms with van der Waals surface area (Å²) in [7, 11) is -1.85. The standard InChI is InChI=1S/C12H20ClN3O2S/c1-3-16(11-12-5-8-14-9-6-12)19(17,18)15(2)10-4-7-13/h5-6,8-9H,3-4,7,10-11H2,1-2H3. The van der Waals surface area contributed by atoms with Crippen LogP contribution in [0.25, 0.3) is 0 Å². The summed E-state index contributed by atoms with van der Waals surface area (Å²) in [5, 5.41) is 0. The van der Waals surface area contributed by atoms with Gasteiger partial charge >= 0.3 is 0 Å². The van der Waals surface area contributed by atoms with Gasteiger partial charge in [-0.25, -0.2) is 0 Å². The molecule has 1 aromatic rings. The van der Waals surface area contributed by atoms with Crippen molar-refractivity contribution in [3.8, 4) is 0 Å². The topological polar surface area (TPSA) is 53.5 Å². The quantitative estimate of drug-likeness (QED) is 0.687. The first-order chi connectivity index (χ1) is 9.02. The van der Waals surface area contributed by atoms with Crippen molar-refractivity contribution in [1.82, 2.24) is 13.6 Å². The Morgan fingerprint density at radius 3 is 2.47 bits per heavy atom. The molecule has 0 aliphatic heterocycles. The van der Waals surface area contributed by atoms with E-state index in [2.05, 4.69) is 4.98 Å². The molecule has 0 aromatic carbocycles. The molecule has 0 unspecified atom stereocenters. The first-order valence-corrected chi connectivity index (χ1v) is 8.11. The van der Waals surface area contributed by atoms with Gasteiger partial charge in [0.1, 0.15) is 0 Å². The summed E-state index contributed by atoms with van der Waals surface area (Å²) >= 11 is 5.60. The first kappa shape index (κ1) is 16.4. The van der Waals surface area contributed by atoms with Crippen molar-refractivity contribution in [1.29, 1.82) is 0 Å². The molecule has 0 amide bonds. The molecule has 108 valence electrons. The maximum atomic E-state index is 12.4. The highest BCUT2D eigenvalue weighted by molar-refractivity contribution is 7.86. The fourth-order valence-electron chi connectivity index (χ4n) is 1.64. The Balaban J connectivity index is 2.78. The van der Waals surface area contributed by atoms with Gasteiger partial charge < -0.3 is 0 Å². The fourth-order valence-corrected chi connectivity index (χ4v) is 3.16. The summed E-state index contributed by atoms with van der Waals surface area (Å²) < 4.78 is 27.5. The minimum atomic E-state index is -3.43. The van der Waals surface area contributed by atoms with Crippen molar-refractivity contribution in [2.24, 2.45) is 0 Å². The van der Waals surface area contributed by atoms with E-state index in [0.717, 1.165) is 5.56 Å². The summed E-state index contributed by atoms with van der Waals surface area (Å²) in [5.41, 5.74) is 0.922. The van der Waals surface area contributed by atoms with Crippen LogP contribution in [0, 0.1) is 0 Å². The van der Waals surface area contributed by atoms with Gasteiger partial charge in [0.05, 0.1) is 0 Å². The molecule has 0 N–H and O–H groups in total. The molecule has 0 atom stereocenters. The van der Waals surface area contributed by atoms with Gasteiger partial charge in [-0.05, 0) is 24.1 Å². The van der Waals surface area contributed by atoms with Crippen LogP contribution in [0.2, 0.25) is 0 Å². The van der Waals surface area contributed by atoms with Gasteiger partial charge in [-0.15, -0.1) is 11.6 Å². The lowest BCUT2D eigenvalue weighted by Gasteiger charge is -2.26. The minimum absolute atomic E-state index is 0.354. The van der Waals surface area contributed by atoms with Crippen LogP contribution < -0.4 is 0 Å². The van der Waals surface area contributed by atoms with Crippen molar-refractivity contribution in [3.05, 3.63) is 30.1 Å². The zero-order valence-electron chi connectivity index (χ0n) is 11.3. The highest BCUT2D eigenvalue weighted by atomic mass is 35.5. The predicted molar refractivity (Wildman–Crippen MR) is 77.2 cm³/mol. The van der Waals surface area contributed by atoms with Crippen LogP contribution in [0.1, 0.15) is 18.9 Å². The fraction of sp³-hybridized carbons (Fsp3) is 0.583. The number of rotatable bonds is 8. The van der Waals surface area contributed by atoms with E-state index < -0.39 is 10.2 Å². The maximum absolute atomic E-state index is 12.4. The molecule has 0 fully saturated rings. The molecule has 0 saturated heterocycles.